The zero-order valence-electron chi connectivity index (χ0n) is 16.9. The molecule has 0 bridgehead atoms. The number of halogens is 3. The minimum Gasteiger partial charge on any atom is -0.349 e. The summed E-state index contributed by atoms with van der Waals surface area (Å²) < 4.78 is 69.9. The van der Waals surface area contributed by atoms with Crippen molar-refractivity contribution in [2.24, 2.45) is 0 Å². The largest absolute Gasteiger partial charge is 0.349 e. The molecule has 2 N–H and O–H groups in total. The Balaban J connectivity index is 0.00000145. The van der Waals surface area contributed by atoms with Crippen LogP contribution in [0.4, 0.5) is 30.2 Å². The second-order valence-corrected chi connectivity index (χ2v) is 8.76. The molecule has 8 heteroatoms. The van der Waals surface area contributed by atoms with Crippen molar-refractivity contribution in [2.75, 3.05) is 10.0 Å². The molecule has 0 aromatic heterocycles. The Labute approximate surface area is 170 Å². The predicted octanol–water partition coefficient (Wildman–Crippen LogP) is 6.26. The van der Waals surface area contributed by atoms with E-state index in [2.05, 4.69) is 10.0 Å². The quantitative estimate of drug-likeness (QED) is 0.591. The zero-order valence-corrected chi connectivity index (χ0v) is 17.7. The normalized spacial score (nSPS) is 14.7. The molecule has 0 amide bonds. The van der Waals surface area contributed by atoms with E-state index in [0.717, 1.165) is 31.4 Å². The van der Waals surface area contributed by atoms with Crippen LogP contribution in [0.15, 0.2) is 30.3 Å². The topological polar surface area (TPSA) is 58.2 Å². The van der Waals surface area contributed by atoms with Crippen molar-refractivity contribution >= 4 is 27.1 Å². The van der Waals surface area contributed by atoms with Crippen molar-refractivity contribution in [2.45, 2.75) is 58.1 Å². The monoisotopic (exact) mass is 428 g/mol. The van der Waals surface area contributed by atoms with Gasteiger partial charge in [0.2, 0.25) is 10.0 Å². The molecule has 1 saturated carbocycles. The van der Waals surface area contributed by atoms with Gasteiger partial charge in [-0.1, -0.05) is 39.2 Å². The van der Waals surface area contributed by atoms with Crippen LogP contribution in [0.25, 0.3) is 0 Å². The summed E-state index contributed by atoms with van der Waals surface area (Å²) in [6.45, 7) is 5.69. The van der Waals surface area contributed by atoms with Crippen molar-refractivity contribution in [3.8, 4) is 0 Å². The smallest absolute Gasteiger partial charge is 0.235 e. The van der Waals surface area contributed by atoms with Crippen LogP contribution >= 0.6 is 0 Å². The summed E-state index contributed by atoms with van der Waals surface area (Å²) in [5.74, 6) is -3.09. The van der Waals surface area contributed by atoms with E-state index in [1.54, 1.807) is 13.0 Å². The maximum absolute atomic E-state index is 14.4. The van der Waals surface area contributed by atoms with Crippen molar-refractivity contribution in [3.63, 3.8) is 0 Å². The highest BCUT2D eigenvalue weighted by Crippen LogP contribution is 2.34. The Kier molecular flexibility index (Phi) is 7.96. The number of rotatable bonds is 5. The number of anilines is 3. The molecule has 3 rings (SSSR count). The standard InChI is InChI=1S/C19H21F3N2O2S.C2H6/c1-12-7-9-16(15(21)11-12)23-19-17(10-8-14(20)18(19)22)24-27(25,26)13-5-3-2-4-6-13;1-2/h7-11,13,23-24H,2-6H2,1H3;1-2H3. The van der Waals surface area contributed by atoms with Crippen LogP contribution in [-0.4, -0.2) is 13.7 Å². The van der Waals surface area contributed by atoms with Gasteiger partial charge in [-0.3, -0.25) is 4.72 Å². The van der Waals surface area contributed by atoms with E-state index in [-0.39, 0.29) is 11.4 Å². The molecule has 0 unspecified atom stereocenters. The zero-order chi connectivity index (χ0) is 21.6. The lowest BCUT2D eigenvalue weighted by atomic mass is 10.0. The van der Waals surface area contributed by atoms with Crippen molar-refractivity contribution in [3.05, 3.63) is 53.3 Å². The third-order valence-corrected chi connectivity index (χ3v) is 6.58. The molecule has 0 heterocycles. The van der Waals surface area contributed by atoms with Gasteiger partial charge in [0.25, 0.3) is 0 Å². The summed E-state index contributed by atoms with van der Waals surface area (Å²) in [6.07, 6.45) is 3.64. The predicted molar refractivity (Wildman–Crippen MR) is 112 cm³/mol. The summed E-state index contributed by atoms with van der Waals surface area (Å²) in [5.41, 5.74) is -0.0178. The number of hydrogen-bond donors (Lipinski definition) is 2. The molecule has 1 aliphatic rings. The second-order valence-electron chi connectivity index (χ2n) is 6.80. The lowest BCUT2D eigenvalue weighted by Crippen LogP contribution is -2.30. The number of aryl methyl sites for hydroxylation is 1. The molecule has 0 atom stereocenters. The van der Waals surface area contributed by atoms with Crippen LogP contribution in [0.3, 0.4) is 0 Å². The van der Waals surface area contributed by atoms with E-state index in [4.69, 9.17) is 0 Å². The molecule has 2 aromatic carbocycles. The van der Waals surface area contributed by atoms with E-state index in [0.29, 0.717) is 18.4 Å². The third-order valence-electron chi connectivity index (χ3n) is 4.72. The number of sulfonamides is 1. The Morgan fingerprint density at radius 2 is 1.52 bits per heavy atom. The minimum absolute atomic E-state index is 0.0804. The van der Waals surface area contributed by atoms with Crippen LogP contribution in [0.1, 0.15) is 51.5 Å². The van der Waals surface area contributed by atoms with Gasteiger partial charge in [-0.2, -0.15) is 0 Å². The van der Waals surface area contributed by atoms with Crippen LogP contribution < -0.4 is 10.0 Å². The Morgan fingerprint density at radius 1 is 0.897 bits per heavy atom. The number of nitrogens with one attached hydrogen (secondary N) is 2. The molecule has 0 saturated heterocycles. The van der Waals surface area contributed by atoms with E-state index in [1.807, 2.05) is 13.8 Å². The fraction of sp³-hybridized carbons (Fsp3) is 0.429. The fourth-order valence-corrected chi connectivity index (χ4v) is 4.82. The van der Waals surface area contributed by atoms with Gasteiger partial charge in [-0.05, 0) is 49.6 Å². The Bertz CT molecular complexity index is 943. The maximum atomic E-state index is 14.4. The van der Waals surface area contributed by atoms with Crippen LogP contribution in [0, 0.1) is 24.4 Å². The summed E-state index contributed by atoms with van der Waals surface area (Å²) in [7, 11) is -3.77. The second kappa shape index (κ2) is 10.0. The number of hydrogen-bond acceptors (Lipinski definition) is 3. The molecular weight excluding hydrogens is 401 g/mol. The molecule has 1 aliphatic carbocycles. The van der Waals surface area contributed by atoms with E-state index < -0.39 is 38.4 Å². The van der Waals surface area contributed by atoms with Crippen LogP contribution in [0.2, 0.25) is 0 Å². The average Bonchev–Trinajstić information content (AvgIpc) is 2.71. The average molecular weight is 429 g/mol. The molecule has 1 fully saturated rings. The van der Waals surface area contributed by atoms with Crippen molar-refractivity contribution in [1.82, 2.24) is 0 Å². The first-order valence-corrected chi connectivity index (χ1v) is 11.4. The van der Waals surface area contributed by atoms with Gasteiger partial charge in [-0.15, -0.1) is 0 Å². The lowest BCUT2D eigenvalue weighted by Gasteiger charge is -2.23. The summed E-state index contributed by atoms with van der Waals surface area (Å²) in [6, 6.07) is 6.20. The first-order valence-electron chi connectivity index (χ1n) is 9.81. The van der Waals surface area contributed by atoms with Crippen LogP contribution in [-0.2, 0) is 10.0 Å². The first kappa shape index (κ1) is 23.1. The highest BCUT2D eigenvalue weighted by molar-refractivity contribution is 7.93. The molecule has 0 spiro atoms. The fourth-order valence-electron chi connectivity index (χ4n) is 3.23. The van der Waals surface area contributed by atoms with Gasteiger partial charge < -0.3 is 5.32 Å². The summed E-state index contributed by atoms with van der Waals surface area (Å²) in [5, 5.41) is 1.91. The molecule has 0 aliphatic heterocycles. The van der Waals surface area contributed by atoms with E-state index >= 15 is 0 Å². The Morgan fingerprint density at radius 3 is 2.14 bits per heavy atom. The summed E-state index contributed by atoms with van der Waals surface area (Å²) in [4.78, 5) is 0. The first-order chi connectivity index (χ1) is 13.8. The highest BCUT2D eigenvalue weighted by atomic mass is 32.2. The third kappa shape index (κ3) is 5.65. The van der Waals surface area contributed by atoms with Crippen LogP contribution in [0.5, 0.6) is 0 Å². The molecule has 160 valence electrons. The number of benzene rings is 2. The van der Waals surface area contributed by atoms with Gasteiger partial charge in [-0.25, -0.2) is 21.6 Å². The highest BCUT2D eigenvalue weighted by Gasteiger charge is 2.28. The van der Waals surface area contributed by atoms with Gasteiger partial charge in [0.05, 0.1) is 16.6 Å². The molecule has 29 heavy (non-hydrogen) atoms. The molecule has 0 radical (unpaired) electrons. The van der Waals surface area contributed by atoms with E-state index in [1.165, 1.54) is 12.1 Å². The Hall–Kier alpha value is -2.22. The summed E-state index contributed by atoms with van der Waals surface area (Å²) >= 11 is 0. The lowest BCUT2D eigenvalue weighted by molar-refractivity contribution is 0.486. The van der Waals surface area contributed by atoms with Crippen molar-refractivity contribution in [1.29, 1.82) is 0 Å². The maximum Gasteiger partial charge on any atom is 0.235 e. The van der Waals surface area contributed by atoms with Gasteiger partial charge in [0, 0.05) is 0 Å². The molecule has 2 aromatic rings. The SMILES string of the molecule is CC.Cc1ccc(Nc2c(NS(=O)(=O)C3CCCCC3)ccc(F)c2F)c(F)c1. The van der Waals surface area contributed by atoms with Gasteiger partial charge in [0.1, 0.15) is 11.5 Å². The van der Waals surface area contributed by atoms with E-state index in [9.17, 15) is 21.6 Å². The molecular formula is C21H27F3N2O2S. The van der Waals surface area contributed by atoms with Crippen molar-refractivity contribution < 1.29 is 21.6 Å². The van der Waals surface area contributed by atoms with Gasteiger partial charge >= 0.3 is 0 Å². The van der Waals surface area contributed by atoms with Gasteiger partial charge in [0.15, 0.2) is 11.6 Å². The minimum atomic E-state index is -3.77. The molecule has 4 nitrogen and oxygen atoms in total.